The van der Waals surface area contributed by atoms with E-state index in [9.17, 15) is 9.90 Å². The predicted octanol–water partition coefficient (Wildman–Crippen LogP) is 4.19. The van der Waals surface area contributed by atoms with E-state index in [0.29, 0.717) is 25.3 Å². The third-order valence-electron chi connectivity index (χ3n) is 6.10. The van der Waals surface area contributed by atoms with E-state index in [0.717, 1.165) is 37.0 Å². The minimum Gasteiger partial charge on any atom is -0.494 e. The summed E-state index contributed by atoms with van der Waals surface area (Å²) in [7, 11) is 0. The molecule has 0 unspecified atom stereocenters. The van der Waals surface area contributed by atoms with Gasteiger partial charge in [-0.15, -0.1) is 0 Å². The van der Waals surface area contributed by atoms with Gasteiger partial charge in [0.2, 0.25) is 0 Å². The average Bonchev–Trinajstić information content (AvgIpc) is 3.22. The van der Waals surface area contributed by atoms with Gasteiger partial charge in [-0.05, 0) is 44.4 Å². The van der Waals surface area contributed by atoms with Crippen LogP contribution < -0.4 is 4.74 Å². The molecule has 2 aliphatic rings. The summed E-state index contributed by atoms with van der Waals surface area (Å²) in [5, 5.41) is 11.4. The zero-order valence-electron chi connectivity index (χ0n) is 15.8. The minimum atomic E-state index is -0.720. The van der Waals surface area contributed by atoms with Crippen LogP contribution in [0.4, 0.5) is 0 Å². The van der Waals surface area contributed by atoms with Gasteiger partial charge in [0.05, 0.1) is 24.5 Å². The lowest BCUT2D eigenvalue weighted by Gasteiger charge is -2.52. The molecule has 1 saturated carbocycles. The van der Waals surface area contributed by atoms with Crippen molar-refractivity contribution in [1.29, 1.82) is 0 Å². The molecule has 1 aliphatic carbocycles. The molecule has 1 aromatic heterocycles. The van der Waals surface area contributed by atoms with Crippen LogP contribution in [0.15, 0.2) is 47.1 Å². The summed E-state index contributed by atoms with van der Waals surface area (Å²) in [5.74, 6) is 1.01. The van der Waals surface area contributed by atoms with Gasteiger partial charge in [-0.2, -0.15) is 0 Å². The summed E-state index contributed by atoms with van der Waals surface area (Å²) < 4.78 is 11.3. The van der Waals surface area contributed by atoms with Crippen LogP contribution in [0.3, 0.4) is 0 Å². The molecule has 0 spiro atoms. The number of likely N-dealkylation sites (tertiary alicyclic amines) is 1. The van der Waals surface area contributed by atoms with Crippen LogP contribution >= 0.6 is 0 Å². The van der Waals surface area contributed by atoms with Crippen molar-refractivity contribution in [1.82, 2.24) is 4.90 Å². The lowest BCUT2D eigenvalue weighted by molar-refractivity contribution is -0.115. The molecule has 27 heavy (non-hydrogen) atoms. The molecule has 2 fully saturated rings. The van der Waals surface area contributed by atoms with Crippen molar-refractivity contribution >= 4 is 5.91 Å². The van der Waals surface area contributed by atoms with E-state index in [-0.39, 0.29) is 17.9 Å². The first-order valence-electron chi connectivity index (χ1n) is 9.92. The Balaban J connectivity index is 1.78. The van der Waals surface area contributed by atoms with Crippen LogP contribution in [-0.2, 0) is 0 Å². The van der Waals surface area contributed by atoms with E-state index >= 15 is 0 Å². The molecule has 144 valence electrons. The highest BCUT2D eigenvalue weighted by atomic mass is 16.5. The smallest absolute Gasteiger partial charge is 0.290 e. The molecule has 0 radical (unpaired) electrons. The number of carbonyl (C=O) groups excluding carboxylic acids is 1. The Morgan fingerprint density at radius 3 is 2.89 bits per heavy atom. The van der Waals surface area contributed by atoms with Gasteiger partial charge in [0.25, 0.3) is 5.91 Å². The fourth-order valence-corrected chi connectivity index (χ4v) is 4.85. The molecule has 3 atom stereocenters. The number of benzene rings is 1. The number of fused-ring (bicyclic) bond motifs is 1. The van der Waals surface area contributed by atoms with Gasteiger partial charge in [0.15, 0.2) is 5.76 Å². The Morgan fingerprint density at radius 2 is 2.11 bits per heavy atom. The van der Waals surface area contributed by atoms with Crippen LogP contribution in [-0.4, -0.2) is 34.7 Å². The molecule has 5 heteroatoms. The normalized spacial score (nSPS) is 27.9. The van der Waals surface area contributed by atoms with Crippen molar-refractivity contribution in [3.05, 3.63) is 54.0 Å². The molecule has 1 aromatic carbocycles. The average molecular weight is 369 g/mol. The first kappa shape index (κ1) is 18.1. The van der Waals surface area contributed by atoms with Crippen LogP contribution in [0.2, 0.25) is 0 Å². The quantitative estimate of drug-likeness (QED) is 0.878. The number of para-hydroxylation sites is 1. The molecule has 1 amide bonds. The molecule has 1 N–H and O–H groups in total. The molecule has 1 aliphatic heterocycles. The topological polar surface area (TPSA) is 62.9 Å². The highest BCUT2D eigenvalue weighted by Gasteiger charge is 2.51. The zero-order chi connectivity index (χ0) is 18.9. The van der Waals surface area contributed by atoms with E-state index in [1.54, 1.807) is 12.1 Å². The zero-order valence-corrected chi connectivity index (χ0v) is 15.8. The summed E-state index contributed by atoms with van der Waals surface area (Å²) in [5.41, 5.74) is 0.256. The Labute approximate surface area is 159 Å². The number of hydrogen-bond acceptors (Lipinski definition) is 4. The molecule has 5 nitrogen and oxygen atoms in total. The first-order valence-corrected chi connectivity index (χ1v) is 9.92. The number of hydrogen-bond donors (Lipinski definition) is 1. The third-order valence-corrected chi connectivity index (χ3v) is 6.10. The third kappa shape index (κ3) is 3.25. The summed E-state index contributed by atoms with van der Waals surface area (Å²) in [6.45, 7) is 3.03. The maximum absolute atomic E-state index is 13.2. The number of rotatable bonds is 4. The van der Waals surface area contributed by atoms with Gasteiger partial charge < -0.3 is 19.2 Å². The number of carbonyl (C=O) groups is 1. The monoisotopic (exact) mass is 369 g/mol. The van der Waals surface area contributed by atoms with Crippen LogP contribution in [0, 0.1) is 5.92 Å². The summed E-state index contributed by atoms with van der Waals surface area (Å²) in [4.78, 5) is 15.1. The fraction of sp³-hybridized carbons (Fsp3) is 0.500. The summed E-state index contributed by atoms with van der Waals surface area (Å²) >= 11 is 0. The number of piperidine rings is 1. The van der Waals surface area contributed by atoms with Gasteiger partial charge >= 0.3 is 0 Å². The Kier molecular flexibility index (Phi) is 4.96. The Morgan fingerprint density at radius 1 is 1.26 bits per heavy atom. The largest absolute Gasteiger partial charge is 0.494 e. The maximum Gasteiger partial charge on any atom is 0.290 e. The minimum absolute atomic E-state index is 0.000480. The van der Waals surface area contributed by atoms with Crippen LogP contribution in [0.5, 0.6) is 5.75 Å². The van der Waals surface area contributed by atoms with Crippen molar-refractivity contribution < 1.29 is 19.1 Å². The van der Waals surface area contributed by atoms with Crippen molar-refractivity contribution in [3.63, 3.8) is 0 Å². The van der Waals surface area contributed by atoms with Gasteiger partial charge in [0.1, 0.15) is 5.75 Å². The molecule has 2 aromatic rings. The van der Waals surface area contributed by atoms with E-state index in [4.69, 9.17) is 9.15 Å². The lowest BCUT2D eigenvalue weighted by atomic mass is 9.66. The molecular formula is C22H27NO4. The number of ether oxygens (including phenoxy) is 1. The highest BCUT2D eigenvalue weighted by Crippen LogP contribution is 2.51. The van der Waals surface area contributed by atoms with Crippen molar-refractivity contribution in [2.45, 2.75) is 50.7 Å². The van der Waals surface area contributed by atoms with Crippen LogP contribution in [0.25, 0.3) is 0 Å². The Hall–Kier alpha value is -2.27. The number of nitrogens with zero attached hydrogens (tertiary/aromatic N) is 1. The fourth-order valence-electron chi connectivity index (χ4n) is 4.85. The highest BCUT2D eigenvalue weighted by molar-refractivity contribution is 5.92. The van der Waals surface area contributed by atoms with E-state index in [2.05, 4.69) is 0 Å². The van der Waals surface area contributed by atoms with Gasteiger partial charge in [-0.25, -0.2) is 0 Å². The second kappa shape index (κ2) is 7.39. The molecule has 1 saturated heterocycles. The summed E-state index contributed by atoms with van der Waals surface area (Å²) in [6.07, 6.45) is 5.95. The number of furan rings is 1. The predicted molar refractivity (Wildman–Crippen MR) is 102 cm³/mol. The molecule has 0 bridgehead atoms. The van der Waals surface area contributed by atoms with E-state index in [1.165, 1.54) is 6.26 Å². The van der Waals surface area contributed by atoms with E-state index in [1.807, 2.05) is 36.1 Å². The van der Waals surface area contributed by atoms with Crippen LogP contribution in [0.1, 0.15) is 61.2 Å². The number of aliphatic hydroxyl groups is 1. The van der Waals surface area contributed by atoms with Gasteiger partial charge in [-0.1, -0.05) is 31.0 Å². The van der Waals surface area contributed by atoms with Gasteiger partial charge in [0, 0.05) is 18.0 Å². The summed E-state index contributed by atoms with van der Waals surface area (Å²) in [6, 6.07) is 11.1. The first-order chi connectivity index (χ1) is 13.1. The number of amides is 1. The van der Waals surface area contributed by atoms with Crippen molar-refractivity contribution in [2.24, 2.45) is 5.92 Å². The SMILES string of the molecule is CCOc1ccccc1[C@H]1[C@@H]2CCCC[C@@]2(O)CCN1C(=O)c1ccco1. The molecule has 4 rings (SSSR count). The second-order valence-electron chi connectivity index (χ2n) is 7.60. The van der Waals surface area contributed by atoms with Gasteiger partial charge in [-0.3, -0.25) is 4.79 Å². The molecule has 2 heterocycles. The maximum atomic E-state index is 13.2. The Bertz CT molecular complexity index is 787. The standard InChI is InChI=1S/C22H27NO4/c1-2-26-18-10-4-3-8-16(18)20-17-9-5-6-12-22(17,25)13-14-23(20)21(24)19-11-7-15-27-19/h3-4,7-8,10-11,15,17,20,25H,2,5-6,9,12-14H2,1H3/t17-,20-,22+/m0/s1. The second-order valence-corrected chi connectivity index (χ2v) is 7.60. The van der Waals surface area contributed by atoms with Crippen molar-refractivity contribution in [2.75, 3.05) is 13.2 Å². The lowest BCUT2D eigenvalue weighted by Crippen LogP contribution is -2.56. The van der Waals surface area contributed by atoms with Crippen molar-refractivity contribution in [3.8, 4) is 5.75 Å². The van der Waals surface area contributed by atoms with E-state index < -0.39 is 5.60 Å². The molecular weight excluding hydrogens is 342 g/mol.